The van der Waals surface area contributed by atoms with Gasteiger partial charge in [0.15, 0.2) is 6.10 Å². The van der Waals surface area contributed by atoms with Gasteiger partial charge in [-0.1, -0.05) is 19.4 Å². The van der Waals surface area contributed by atoms with Crippen LogP contribution in [0.5, 0.6) is 5.75 Å². The van der Waals surface area contributed by atoms with E-state index in [1.807, 2.05) is 6.79 Å². The lowest BCUT2D eigenvalue weighted by atomic mass is 10.0. The Morgan fingerprint density at radius 3 is 2.23 bits per heavy atom. The standard InChI is InChI=1S/C19H25N3O9.C4H11N.CH2O2.CH4O.CH2O/c20-8-17(26)21-4-3-16(25)22-13-5-11(9-23)1-2-14(13)30-18-7-12(29-10-24)6-15(31-18)19(27)28;1-2-3-4-5;2-1-3;2*1-2/h1-2,5,10,12,15,18,23H,3-4,6-9,20H2,(H,21,26)(H,22,25)(H,27,28);2-5H2,1H3;1H,(H,2,3);2H,1H3;1H2. The number of hydrogen-bond donors (Lipinski definition) is 8. The molecule has 17 nitrogen and oxygen atoms in total. The molecule has 1 aliphatic rings. The Morgan fingerprint density at radius 1 is 1.14 bits per heavy atom. The highest BCUT2D eigenvalue weighted by Gasteiger charge is 2.36. The van der Waals surface area contributed by atoms with Crippen molar-refractivity contribution < 1.29 is 63.4 Å². The molecule has 0 bridgehead atoms. The number of nitrogens with two attached hydrogens (primary N) is 2. The number of ether oxygens (including phenoxy) is 3. The minimum atomic E-state index is -1.23. The van der Waals surface area contributed by atoms with Crippen molar-refractivity contribution in [3.63, 3.8) is 0 Å². The number of nitrogens with one attached hydrogen (secondary N) is 2. The zero-order valence-corrected chi connectivity index (χ0v) is 24.3. The minimum Gasteiger partial charge on any atom is -0.483 e. The van der Waals surface area contributed by atoms with Crippen molar-refractivity contribution in [2.75, 3.05) is 32.1 Å². The number of carbonyl (C=O) groups is 6. The van der Waals surface area contributed by atoms with Gasteiger partial charge < -0.3 is 61.5 Å². The van der Waals surface area contributed by atoms with Crippen LogP contribution in [-0.4, -0.2) is 103 Å². The fourth-order valence-corrected chi connectivity index (χ4v) is 3.09. The van der Waals surface area contributed by atoms with Crippen LogP contribution < -0.4 is 26.8 Å². The summed E-state index contributed by atoms with van der Waals surface area (Å²) in [5, 5.41) is 37.6. The lowest BCUT2D eigenvalue weighted by Crippen LogP contribution is -2.43. The third kappa shape index (κ3) is 21.2. The first-order chi connectivity index (χ1) is 20.7. The summed E-state index contributed by atoms with van der Waals surface area (Å²) in [6.45, 7) is 4.56. The normalized spacial score (nSPS) is 16.2. The van der Waals surface area contributed by atoms with Crippen LogP contribution >= 0.6 is 0 Å². The SMILES string of the molecule is C=O.CCCCN.CO.NCC(=O)NCCC(=O)Nc1cc(CO)ccc1OC1CC(OC=O)CC(C(=O)O)O1.O=CO. The molecule has 3 atom stereocenters. The van der Waals surface area contributed by atoms with Crippen LogP contribution in [0.4, 0.5) is 5.69 Å². The molecule has 17 heteroatoms. The molecule has 2 amide bonds. The fourth-order valence-electron chi connectivity index (χ4n) is 3.09. The lowest BCUT2D eigenvalue weighted by molar-refractivity contribution is -0.199. The molecule has 246 valence electrons. The zero-order chi connectivity index (χ0) is 33.6. The quantitative estimate of drug-likeness (QED) is 0.122. The number of carbonyl (C=O) groups excluding carboxylic acids is 4. The molecule has 43 heavy (non-hydrogen) atoms. The van der Waals surface area contributed by atoms with Crippen molar-refractivity contribution >= 4 is 43.2 Å². The highest BCUT2D eigenvalue weighted by molar-refractivity contribution is 5.92. The maximum atomic E-state index is 12.2. The van der Waals surface area contributed by atoms with E-state index in [4.69, 9.17) is 45.5 Å². The second-order valence-electron chi connectivity index (χ2n) is 7.92. The van der Waals surface area contributed by atoms with Gasteiger partial charge in [0.25, 0.3) is 12.9 Å². The average Bonchev–Trinajstić information content (AvgIpc) is 3.01. The van der Waals surface area contributed by atoms with E-state index in [1.165, 1.54) is 25.0 Å². The number of anilines is 1. The molecule has 0 radical (unpaired) electrons. The van der Waals surface area contributed by atoms with E-state index in [1.54, 1.807) is 6.07 Å². The van der Waals surface area contributed by atoms with Gasteiger partial charge in [0, 0.05) is 32.9 Å². The molecule has 1 aromatic carbocycles. The number of rotatable bonds is 13. The van der Waals surface area contributed by atoms with Gasteiger partial charge >= 0.3 is 5.97 Å². The molecule has 2 rings (SSSR count). The highest BCUT2D eigenvalue weighted by Crippen LogP contribution is 2.31. The molecule has 1 aromatic rings. The molecule has 10 N–H and O–H groups in total. The number of hydrogen-bond acceptors (Lipinski definition) is 13. The van der Waals surface area contributed by atoms with Gasteiger partial charge in [-0.2, -0.15) is 0 Å². The summed E-state index contributed by atoms with van der Waals surface area (Å²) in [5.41, 5.74) is 11.0. The van der Waals surface area contributed by atoms with Gasteiger partial charge in [-0.25, -0.2) is 4.79 Å². The van der Waals surface area contributed by atoms with Gasteiger partial charge in [0.1, 0.15) is 18.6 Å². The number of carboxylic acids is 1. The molecule has 3 unspecified atom stereocenters. The molecule has 0 saturated carbocycles. The first-order valence-corrected chi connectivity index (χ1v) is 12.8. The molecular formula is C26H44N4O13. The minimum absolute atomic E-state index is 0.0184. The van der Waals surface area contributed by atoms with E-state index < -0.39 is 36.3 Å². The van der Waals surface area contributed by atoms with Crippen molar-refractivity contribution in [2.45, 2.75) is 64.1 Å². The Bertz CT molecular complexity index is 919. The van der Waals surface area contributed by atoms with Gasteiger partial charge in [-0.15, -0.1) is 0 Å². The average molecular weight is 621 g/mol. The van der Waals surface area contributed by atoms with Crippen LogP contribution in [0.1, 0.15) is 44.6 Å². The third-order valence-electron chi connectivity index (χ3n) is 4.95. The summed E-state index contributed by atoms with van der Waals surface area (Å²) < 4.78 is 16.0. The van der Waals surface area contributed by atoms with Gasteiger partial charge in [-0.05, 0) is 30.7 Å². The number of aliphatic carboxylic acids is 1. The van der Waals surface area contributed by atoms with Crippen LogP contribution in [0.3, 0.4) is 0 Å². The monoisotopic (exact) mass is 620 g/mol. The molecule has 1 saturated heterocycles. The van der Waals surface area contributed by atoms with E-state index in [0.29, 0.717) is 5.56 Å². The first kappa shape index (κ1) is 43.3. The molecule has 0 spiro atoms. The topological polar surface area (TPSA) is 287 Å². The predicted octanol–water partition coefficient (Wildman–Crippen LogP) is -1.04. The number of amides is 2. The summed E-state index contributed by atoms with van der Waals surface area (Å²) in [7, 11) is 1.00. The summed E-state index contributed by atoms with van der Waals surface area (Å²) in [4.78, 5) is 61.7. The zero-order valence-electron chi connectivity index (χ0n) is 24.3. The van der Waals surface area contributed by atoms with Gasteiger partial charge in [-0.3, -0.25) is 19.2 Å². The van der Waals surface area contributed by atoms with Gasteiger partial charge in [0.2, 0.25) is 18.1 Å². The number of benzene rings is 1. The smallest absolute Gasteiger partial charge is 0.333 e. The van der Waals surface area contributed by atoms with Crippen molar-refractivity contribution in [3.05, 3.63) is 23.8 Å². The highest BCUT2D eigenvalue weighted by atomic mass is 16.7. The number of aliphatic hydroxyl groups excluding tert-OH is 2. The second kappa shape index (κ2) is 29.3. The van der Waals surface area contributed by atoms with Crippen molar-refractivity contribution in [1.82, 2.24) is 5.32 Å². The van der Waals surface area contributed by atoms with E-state index in [-0.39, 0.29) is 63.3 Å². The van der Waals surface area contributed by atoms with E-state index in [9.17, 15) is 29.4 Å². The molecular weight excluding hydrogens is 576 g/mol. The number of carboxylic acid groups (broad SMARTS) is 2. The third-order valence-corrected chi connectivity index (χ3v) is 4.95. The Labute approximate surface area is 249 Å². The largest absolute Gasteiger partial charge is 0.483 e. The van der Waals surface area contributed by atoms with E-state index >= 15 is 0 Å². The summed E-state index contributed by atoms with van der Waals surface area (Å²) in [6.07, 6.45) is -0.582. The summed E-state index contributed by atoms with van der Waals surface area (Å²) >= 11 is 0. The maximum Gasteiger partial charge on any atom is 0.333 e. The first-order valence-electron chi connectivity index (χ1n) is 12.8. The van der Waals surface area contributed by atoms with Crippen molar-refractivity contribution in [2.24, 2.45) is 11.5 Å². The second-order valence-corrected chi connectivity index (χ2v) is 7.92. The molecule has 0 aliphatic carbocycles. The molecule has 1 heterocycles. The number of unbranched alkanes of at least 4 members (excludes halogenated alkanes) is 1. The Hall–Kier alpha value is -4.16. The van der Waals surface area contributed by atoms with Crippen LogP contribution in [-0.2, 0) is 44.8 Å². The Morgan fingerprint density at radius 2 is 1.77 bits per heavy atom. The lowest BCUT2D eigenvalue weighted by Gasteiger charge is -2.32. The Balaban J connectivity index is -0.00000115. The summed E-state index contributed by atoms with van der Waals surface area (Å²) in [5.74, 6) is -1.89. The predicted molar refractivity (Wildman–Crippen MR) is 153 cm³/mol. The van der Waals surface area contributed by atoms with E-state index in [0.717, 1.165) is 13.7 Å². The van der Waals surface area contributed by atoms with E-state index in [2.05, 4.69) is 17.6 Å². The van der Waals surface area contributed by atoms with Crippen molar-refractivity contribution in [1.29, 1.82) is 0 Å². The van der Waals surface area contributed by atoms with Crippen LogP contribution in [0.25, 0.3) is 0 Å². The van der Waals surface area contributed by atoms with Gasteiger partial charge in [0.05, 0.1) is 18.8 Å². The molecule has 1 aliphatic heterocycles. The molecule has 1 fully saturated rings. The maximum absolute atomic E-state index is 12.2. The Kier molecular flexibility index (Phi) is 29.5. The van der Waals surface area contributed by atoms with Crippen molar-refractivity contribution in [3.8, 4) is 5.75 Å². The fraction of sp³-hybridized carbons (Fsp3) is 0.538. The van der Waals surface area contributed by atoms with Crippen LogP contribution in [0.15, 0.2) is 18.2 Å². The van der Waals surface area contributed by atoms with Crippen LogP contribution in [0, 0.1) is 0 Å². The molecule has 0 aromatic heterocycles. The van der Waals surface area contributed by atoms with Crippen LogP contribution in [0.2, 0.25) is 0 Å². The number of aliphatic hydroxyl groups is 2. The summed E-state index contributed by atoms with van der Waals surface area (Å²) in [6, 6.07) is 4.53.